The number of hydrogen-bond acceptors (Lipinski definition) is 3. The number of carbonyl (C=O) groups is 1. The summed E-state index contributed by atoms with van der Waals surface area (Å²) in [6.45, 7) is 2.09. The van der Waals surface area contributed by atoms with E-state index in [9.17, 15) is 4.79 Å². The molecule has 1 saturated heterocycles. The highest BCUT2D eigenvalue weighted by Gasteiger charge is 2.20. The molecule has 1 aliphatic heterocycles. The lowest BCUT2D eigenvalue weighted by Gasteiger charge is -2.31. The summed E-state index contributed by atoms with van der Waals surface area (Å²) in [6.07, 6.45) is 4.92. The molecule has 0 spiro atoms. The van der Waals surface area contributed by atoms with Crippen molar-refractivity contribution in [1.29, 1.82) is 0 Å². The lowest BCUT2D eigenvalue weighted by Crippen LogP contribution is -2.44. The van der Waals surface area contributed by atoms with Crippen LogP contribution >= 0.6 is 11.8 Å². The van der Waals surface area contributed by atoms with E-state index in [0.717, 1.165) is 31.7 Å². The number of rotatable bonds is 4. The van der Waals surface area contributed by atoms with Crippen molar-refractivity contribution in [3.8, 4) is 0 Å². The van der Waals surface area contributed by atoms with E-state index >= 15 is 0 Å². The van der Waals surface area contributed by atoms with Crippen LogP contribution in [0.3, 0.4) is 0 Å². The summed E-state index contributed by atoms with van der Waals surface area (Å²) in [4.78, 5) is 13.6. The highest BCUT2D eigenvalue weighted by atomic mass is 32.2. The van der Waals surface area contributed by atoms with E-state index in [-0.39, 0.29) is 0 Å². The van der Waals surface area contributed by atoms with Gasteiger partial charge in [-0.3, -0.25) is 4.79 Å². The van der Waals surface area contributed by atoms with Crippen molar-refractivity contribution in [3.63, 3.8) is 0 Å². The molecule has 0 radical (unpaired) electrons. The number of hydrogen-bond donors (Lipinski definition) is 1. The van der Waals surface area contributed by atoms with Crippen molar-refractivity contribution in [2.75, 3.05) is 32.1 Å². The maximum atomic E-state index is 11.7. The smallest absolute Gasteiger partial charge is 0.223 e. The second-order valence-corrected chi connectivity index (χ2v) is 4.71. The molecular weight excluding hydrogens is 196 g/mol. The average Bonchev–Trinajstić information content (AvgIpc) is 2.26. The zero-order valence-corrected chi connectivity index (χ0v) is 9.90. The lowest BCUT2D eigenvalue weighted by atomic mass is 10.1. The Bertz CT molecular complexity index is 181. The van der Waals surface area contributed by atoms with Crippen LogP contribution in [0.15, 0.2) is 0 Å². The molecule has 3 nitrogen and oxygen atoms in total. The zero-order chi connectivity index (χ0) is 10.4. The molecule has 1 aliphatic rings. The second kappa shape index (κ2) is 6.30. The third kappa shape index (κ3) is 3.50. The predicted octanol–water partition coefficient (Wildman–Crippen LogP) is 0.950. The van der Waals surface area contributed by atoms with Crippen LogP contribution in [-0.2, 0) is 4.79 Å². The van der Waals surface area contributed by atoms with Gasteiger partial charge in [0.05, 0.1) is 0 Å². The van der Waals surface area contributed by atoms with Crippen LogP contribution in [0.5, 0.6) is 0 Å². The first-order valence-electron chi connectivity index (χ1n) is 5.21. The van der Waals surface area contributed by atoms with Crippen LogP contribution in [0.1, 0.15) is 19.3 Å². The molecule has 82 valence electrons. The van der Waals surface area contributed by atoms with Crippen molar-refractivity contribution in [3.05, 3.63) is 0 Å². The summed E-state index contributed by atoms with van der Waals surface area (Å²) in [6, 6.07) is 0.464. The van der Waals surface area contributed by atoms with E-state index in [1.165, 1.54) is 0 Å². The van der Waals surface area contributed by atoms with Crippen LogP contribution in [0.2, 0.25) is 0 Å². The van der Waals surface area contributed by atoms with E-state index in [0.29, 0.717) is 18.4 Å². The van der Waals surface area contributed by atoms with Crippen LogP contribution in [0.4, 0.5) is 0 Å². The van der Waals surface area contributed by atoms with Crippen molar-refractivity contribution in [2.24, 2.45) is 0 Å². The van der Waals surface area contributed by atoms with Crippen LogP contribution in [0, 0.1) is 0 Å². The number of amides is 1. The molecule has 0 saturated carbocycles. The molecule has 14 heavy (non-hydrogen) atoms. The highest BCUT2D eigenvalue weighted by molar-refractivity contribution is 7.98. The van der Waals surface area contributed by atoms with E-state index in [1.54, 1.807) is 11.8 Å². The molecule has 0 aromatic carbocycles. The molecule has 0 aromatic rings. The summed E-state index contributed by atoms with van der Waals surface area (Å²) in [5, 5.41) is 3.31. The maximum Gasteiger partial charge on any atom is 0.223 e. The molecule has 1 N–H and O–H groups in total. The van der Waals surface area contributed by atoms with Crippen molar-refractivity contribution >= 4 is 17.7 Å². The third-order valence-corrected chi connectivity index (χ3v) is 3.38. The minimum atomic E-state index is 0.297. The van der Waals surface area contributed by atoms with Gasteiger partial charge in [0.2, 0.25) is 5.91 Å². The second-order valence-electron chi connectivity index (χ2n) is 3.73. The van der Waals surface area contributed by atoms with Gasteiger partial charge in [0.25, 0.3) is 0 Å². The Morgan fingerprint density at radius 1 is 1.50 bits per heavy atom. The Kier molecular flexibility index (Phi) is 5.33. The molecule has 0 unspecified atom stereocenters. The Hall–Kier alpha value is -0.220. The number of nitrogens with zero attached hydrogens (tertiary/aromatic N) is 1. The fraction of sp³-hybridized carbons (Fsp3) is 0.900. The van der Waals surface area contributed by atoms with Gasteiger partial charge in [-0.1, -0.05) is 0 Å². The lowest BCUT2D eigenvalue weighted by molar-refractivity contribution is -0.131. The molecule has 0 bridgehead atoms. The van der Waals surface area contributed by atoms with Gasteiger partial charge in [-0.15, -0.1) is 0 Å². The van der Waals surface area contributed by atoms with Crippen LogP contribution in [-0.4, -0.2) is 49.0 Å². The summed E-state index contributed by atoms with van der Waals surface area (Å²) in [5.74, 6) is 1.24. The molecule has 0 atom stereocenters. The topological polar surface area (TPSA) is 32.3 Å². The Morgan fingerprint density at radius 2 is 2.14 bits per heavy atom. The first-order valence-corrected chi connectivity index (χ1v) is 6.60. The molecule has 1 fully saturated rings. The molecule has 4 heteroatoms. The maximum absolute atomic E-state index is 11.7. The molecule has 1 rings (SSSR count). The standard InChI is InChI=1S/C10H20N2OS/c1-12(10(13)5-8-14-2)9-3-6-11-7-4-9/h9,11H,3-8H2,1-2H3. The van der Waals surface area contributed by atoms with E-state index < -0.39 is 0 Å². The normalized spacial score (nSPS) is 18.1. The number of thioether (sulfide) groups is 1. The minimum absolute atomic E-state index is 0.297. The van der Waals surface area contributed by atoms with Crippen LogP contribution in [0.25, 0.3) is 0 Å². The van der Waals surface area contributed by atoms with Gasteiger partial charge in [0.1, 0.15) is 0 Å². The monoisotopic (exact) mass is 216 g/mol. The number of carbonyl (C=O) groups excluding carboxylic acids is 1. The number of piperidine rings is 1. The van der Waals surface area contributed by atoms with Gasteiger partial charge in [0.15, 0.2) is 0 Å². The number of nitrogens with one attached hydrogen (secondary N) is 1. The largest absolute Gasteiger partial charge is 0.343 e. The Morgan fingerprint density at radius 3 is 2.71 bits per heavy atom. The first-order chi connectivity index (χ1) is 6.75. The first kappa shape index (κ1) is 11.9. The predicted molar refractivity (Wildman–Crippen MR) is 61.7 cm³/mol. The van der Waals surface area contributed by atoms with E-state index in [1.807, 2.05) is 18.2 Å². The SMILES string of the molecule is CSCCC(=O)N(C)C1CCNCC1. The van der Waals surface area contributed by atoms with E-state index in [2.05, 4.69) is 5.32 Å². The summed E-state index contributed by atoms with van der Waals surface area (Å²) in [5.41, 5.74) is 0. The molecule has 0 aliphatic carbocycles. The van der Waals surface area contributed by atoms with Gasteiger partial charge in [0, 0.05) is 25.3 Å². The van der Waals surface area contributed by atoms with Crippen molar-refractivity contribution in [1.82, 2.24) is 10.2 Å². The van der Waals surface area contributed by atoms with E-state index in [4.69, 9.17) is 0 Å². The van der Waals surface area contributed by atoms with Gasteiger partial charge < -0.3 is 10.2 Å². The minimum Gasteiger partial charge on any atom is -0.343 e. The van der Waals surface area contributed by atoms with Gasteiger partial charge in [-0.25, -0.2) is 0 Å². The van der Waals surface area contributed by atoms with Crippen molar-refractivity contribution < 1.29 is 4.79 Å². The van der Waals surface area contributed by atoms with Crippen molar-refractivity contribution in [2.45, 2.75) is 25.3 Å². The van der Waals surface area contributed by atoms with Gasteiger partial charge in [-0.2, -0.15) is 11.8 Å². The van der Waals surface area contributed by atoms with Gasteiger partial charge >= 0.3 is 0 Å². The Balaban J connectivity index is 2.30. The average molecular weight is 216 g/mol. The quantitative estimate of drug-likeness (QED) is 0.759. The molecular formula is C10H20N2OS. The molecule has 1 amide bonds. The third-order valence-electron chi connectivity index (χ3n) is 2.77. The Labute approximate surface area is 90.6 Å². The van der Waals surface area contributed by atoms with Crippen LogP contribution < -0.4 is 5.32 Å². The summed E-state index contributed by atoms with van der Waals surface area (Å²) in [7, 11) is 1.94. The summed E-state index contributed by atoms with van der Waals surface area (Å²) < 4.78 is 0. The summed E-state index contributed by atoms with van der Waals surface area (Å²) >= 11 is 1.73. The molecule has 0 aromatic heterocycles. The fourth-order valence-corrected chi connectivity index (χ4v) is 2.14. The van der Waals surface area contributed by atoms with Gasteiger partial charge in [-0.05, 0) is 32.2 Å². The highest BCUT2D eigenvalue weighted by Crippen LogP contribution is 2.11. The fourth-order valence-electron chi connectivity index (χ4n) is 1.76. The zero-order valence-electron chi connectivity index (χ0n) is 9.08. The molecule has 1 heterocycles.